The summed E-state index contributed by atoms with van der Waals surface area (Å²) in [6.45, 7) is 0. The predicted molar refractivity (Wildman–Crippen MR) is 104 cm³/mol. The van der Waals surface area contributed by atoms with Gasteiger partial charge < -0.3 is 9.64 Å². The van der Waals surface area contributed by atoms with Crippen LogP contribution in [0.15, 0.2) is 47.5 Å². The van der Waals surface area contributed by atoms with Crippen molar-refractivity contribution in [2.45, 2.75) is 0 Å². The summed E-state index contributed by atoms with van der Waals surface area (Å²) in [5.41, 5.74) is 0.921. The summed E-state index contributed by atoms with van der Waals surface area (Å²) in [5.74, 6) is -0.110. The highest BCUT2D eigenvalue weighted by molar-refractivity contribution is 7.25. The van der Waals surface area contributed by atoms with E-state index in [4.69, 9.17) is 4.74 Å². The molecule has 132 valence electrons. The van der Waals surface area contributed by atoms with Crippen LogP contribution in [0.25, 0.3) is 26.0 Å². The average molecular weight is 369 g/mol. The van der Waals surface area contributed by atoms with Gasteiger partial charge >= 0.3 is 0 Å². The molecule has 26 heavy (non-hydrogen) atoms. The van der Waals surface area contributed by atoms with Crippen molar-refractivity contribution >= 4 is 37.3 Å². The zero-order valence-electron chi connectivity index (χ0n) is 14.5. The summed E-state index contributed by atoms with van der Waals surface area (Å²) in [6, 6.07) is 8.20. The largest absolute Gasteiger partial charge is 0.497 e. The molecule has 0 atom stereocenters. The van der Waals surface area contributed by atoms with Crippen molar-refractivity contribution in [2.24, 2.45) is 0 Å². The molecule has 0 amide bonds. The molecule has 3 heterocycles. The fraction of sp³-hybridized carbons (Fsp3) is 0.158. The normalized spacial score (nSPS) is 11.2. The van der Waals surface area contributed by atoms with Gasteiger partial charge in [0, 0.05) is 49.0 Å². The van der Waals surface area contributed by atoms with Gasteiger partial charge in [0.2, 0.25) is 0 Å². The number of hydrogen-bond donors (Lipinski definition) is 0. The highest BCUT2D eigenvalue weighted by Gasteiger charge is 2.16. The number of methoxy groups -OCH3 is 1. The number of fused-ring (bicyclic) bond motifs is 3. The minimum absolute atomic E-state index is 0.191. The minimum Gasteiger partial charge on any atom is -0.497 e. The Bertz CT molecular complexity index is 1200. The summed E-state index contributed by atoms with van der Waals surface area (Å²) in [7, 11) is 5.37. The number of anilines is 1. The topological polar surface area (TPSA) is 47.4 Å². The number of ether oxygens (including phenoxy) is 1. The summed E-state index contributed by atoms with van der Waals surface area (Å²) in [5, 5.41) is 1.77. The molecule has 0 bridgehead atoms. The van der Waals surface area contributed by atoms with Crippen molar-refractivity contribution in [3.63, 3.8) is 0 Å². The second kappa shape index (κ2) is 6.10. The van der Waals surface area contributed by atoms with Gasteiger partial charge in [-0.2, -0.15) is 0 Å². The highest BCUT2D eigenvalue weighted by atomic mass is 32.1. The molecular weight excluding hydrogens is 353 g/mol. The summed E-state index contributed by atoms with van der Waals surface area (Å²) in [6.07, 6.45) is 3.34. The molecule has 7 heteroatoms. The summed E-state index contributed by atoms with van der Waals surface area (Å²) >= 11 is 1.32. The molecule has 3 aromatic heterocycles. The number of nitrogens with zero attached hydrogens (tertiary/aromatic N) is 3. The third-order valence-corrected chi connectivity index (χ3v) is 5.41. The maximum Gasteiger partial charge on any atom is 0.273 e. The van der Waals surface area contributed by atoms with Gasteiger partial charge in [-0.3, -0.25) is 9.36 Å². The van der Waals surface area contributed by atoms with Crippen molar-refractivity contribution in [3.8, 4) is 11.4 Å². The fourth-order valence-corrected chi connectivity index (χ4v) is 4.13. The second-order valence-corrected chi connectivity index (χ2v) is 7.06. The number of halogens is 1. The predicted octanol–water partition coefficient (Wildman–Crippen LogP) is 3.81. The Morgan fingerprint density at radius 3 is 2.73 bits per heavy atom. The van der Waals surface area contributed by atoms with Gasteiger partial charge in [0.25, 0.3) is 5.56 Å². The summed E-state index contributed by atoms with van der Waals surface area (Å²) < 4.78 is 21.3. The van der Waals surface area contributed by atoms with E-state index in [1.54, 1.807) is 18.5 Å². The Hall–Kier alpha value is -2.93. The van der Waals surface area contributed by atoms with Crippen LogP contribution in [0.2, 0.25) is 0 Å². The first-order chi connectivity index (χ1) is 12.5. The third kappa shape index (κ3) is 2.43. The standard InChI is InChI=1S/C19H16FN3O2S/c1-22(2)15-6-8-21-18-16(15)12-7-9-23(19(24)17(12)26-18)14-5-4-11(25-3)10-13(14)20/h4-10H,1-3H3. The molecule has 5 nitrogen and oxygen atoms in total. The molecule has 0 saturated heterocycles. The monoisotopic (exact) mass is 369 g/mol. The average Bonchev–Trinajstić information content (AvgIpc) is 3.02. The van der Waals surface area contributed by atoms with Crippen LogP contribution in [0, 0.1) is 5.82 Å². The zero-order valence-corrected chi connectivity index (χ0v) is 15.3. The van der Waals surface area contributed by atoms with Crippen LogP contribution in [-0.2, 0) is 0 Å². The van der Waals surface area contributed by atoms with Crippen molar-refractivity contribution in [1.82, 2.24) is 9.55 Å². The molecule has 0 saturated carbocycles. The van der Waals surface area contributed by atoms with E-state index in [1.807, 2.05) is 31.1 Å². The molecule has 0 unspecified atom stereocenters. The van der Waals surface area contributed by atoms with Gasteiger partial charge in [-0.15, -0.1) is 11.3 Å². The number of hydrogen-bond acceptors (Lipinski definition) is 5. The molecule has 4 aromatic rings. The van der Waals surface area contributed by atoms with E-state index in [9.17, 15) is 9.18 Å². The van der Waals surface area contributed by atoms with Gasteiger partial charge in [-0.1, -0.05) is 0 Å². The first kappa shape index (κ1) is 16.5. The van der Waals surface area contributed by atoms with Crippen molar-refractivity contribution in [3.05, 3.63) is 58.9 Å². The quantitative estimate of drug-likeness (QED) is 0.551. The Morgan fingerprint density at radius 1 is 1.23 bits per heavy atom. The molecule has 1 aromatic carbocycles. The Balaban J connectivity index is 2.01. The Kier molecular flexibility index (Phi) is 3.88. The first-order valence-corrected chi connectivity index (χ1v) is 8.77. The molecule has 0 radical (unpaired) electrons. The lowest BCUT2D eigenvalue weighted by atomic mass is 10.2. The number of thiophene rings is 1. The second-order valence-electron chi connectivity index (χ2n) is 6.06. The molecular formula is C19H16FN3O2S. The minimum atomic E-state index is -0.515. The molecule has 0 fully saturated rings. The van der Waals surface area contributed by atoms with Gasteiger partial charge in [-0.25, -0.2) is 9.37 Å². The van der Waals surface area contributed by atoms with Crippen LogP contribution in [0.4, 0.5) is 10.1 Å². The number of benzene rings is 1. The molecule has 0 aliphatic heterocycles. The van der Waals surface area contributed by atoms with E-state index in [2.05, 4.69) is 4.98 Å². The van der Waals surface area contributed by atoms with E-state index in [-0.39, 0.29) is 11.2 Å². The zero-order chi connectivity index (χ0) is 18.4. The number of aromatic nitrogens is 2. The van der Waals surface area contributed by atoms with E-state index >= 15 is 0 Å². The Labute approximate surface area is 152 Å². The third-order valence-electron chi connectivity index (χ3n) is 4.31. The van der Waals surface area contributed by atoms with Crippen molar-refractivity contribution in [1.29, 1.82) is 0 Å². The van der Waals surface area contributed by atoms with Crippen LogP contribution in [-0.4, -0.2) is 30.8 Å². The van der Waals surface area contributed by atoms with Crippen molar-refractivity contribution < 1.29 is 9.13 Å². The van der Waals surface area contributed by atoms with E-state index in [0.29, 0.717) is 10.4 Å². The van der Waals surface area contributed by atoms with Crippen LogP contribution < -0.4 is 15.2 Å². The maximum absolute atomic E-state index is 14.4. The van der Waals surface area contributed by atoms with Gasteiger partial charge in [0.15, 0.2) is 5.82 Å². The molecule has 4 rings (SSSR count). The molecule has 0 N–H and O–H groups in total. The van der Waals surface area contributed by atoms with Crippen LogP contribution in [0.1, 0.15) is 0 Å². The smallest absolute Gasteiger partial charge is 0.273 e. The van der Waals surface area contributed by atoms with Gasteiger partial charge in [-0.05, 0) is 24.3 Å². The van der Waals surface area contributed by atoms with Crippen LogP contribution in [0.5, 0.6) is 5.75 Å². The number of rotatable bonds is 3. The molecule has 0 aliphatic rings. The first-order valence-electron chi connectivity index (χ1n) is 7.95. The molecule has 0 aliphatic carbocycles. The fourth-order valence-electron chi connectivity index (χ4n) is 3.05. The van der Waals surface area contributed by atoms with Crippen LogP contribution >= 0.6 is 11.3 Å². The lowest BCUT2D eigenvalue weighted by Crippen LogP contribution is -2.17. The Morgan fingerprint density at radius 2 is 2.04 bits per heavy atom. The lowest BCUT2D eigenvalue weighted by Gasteiger charge is -2.13. The van der Waals surface area contributed by atoms with E-state index in [1.165, 1.54) is 35.1 Å². The maximum atomic E-state index is 14.4. The van der Waals surface area contributed by atoms with Gasteiger partial charge in [0.05, 0.1) is 12.8 Å². The van der Waals surface area contributed by atoms with Gasteiger partial charge in [0.1, 0.15) is 15.3 Å². The number of pyridine rings is 2. The highest BCUT2D eigenvalue weighted by Crippen LogP contribution is 2.36. The van der Waals surface area contributed by atoms with Crippen molar-refractivity contribution in [2.75, 3.05) is 26.1 Å². The lowest BCUT2D eigenvalue weighted by molar-refractivity contribution is 0.411. The van der Waals surface area contributed by atoms with E-state index in [0.717, 1.165) is 21.3 Å². The molecule has 0 spiro atoms. The van der Waals surface area contributed by atoms with Crippen LogP contribution in [0.3, 0.4) is 0 Å². The summed E-state index contributed by atoms with van der Waals surface area (Å²) in [4.78, 5) is 20.2. The van der Waals surface area contributed by atoms with E-state index < -0.39 is 5.82 Å². The SMILES string of the molecule is COc1ccc(-n2ccc3c(sc4nccc(N(C)C)c43)c2=O)c(F)c1.